The number of piperidine rings is 2. The second-order valence-electron chi connectivity index (χ2n) is 9.49. The number of carbonyl (C=O) groups is 3. The van der Waals surface area contributed by atoms with Gasteiger partial charge < -0.3 is 29.5 Å². The summed E-state index contributed by atoms with van der Waals surface area (Å²) in [5.74, 6) is -3.02. The standard InChI is InChI=1S/C22H33N5O4.C2HF3O2/c28-20-7-13-27(22(30)24-20)16-17-2-1-10-26(21(17)29)15-14-25-11-5-19(6-12-25)31-18-3-8-23-9-4-18;3-2(4,5)1(6)7/h1-2,10,18-19,23H,3-9,11-16H2,(H,24,28,30);(H,6,7). The Kier molecular flexibility index (Phi) is 10.7. The highest BCUT2D eigenvalue weighted by molar-refractivity contribution is 5.96. The molecule has 3 aliphatic heterocycles. The zero-order valence-electron chi connectivity index (χ0n) is 21.0. The van der Waals surface area contributed by atoms with E-state index in [1.807, 2.05) is 6.07 Å². The molecule has 1 aromatic rings. The molecule has 3 aliphatic rings. The molecular formula is C24H34F3N5O6. The maximum absolute atomic E-state index is 12.9. The van der Waals surface area contributed by atoms with Gasteiger partial charge in [0.15, 0.2) is 0 Å². The number of halogens is 3. The number of nitrogens with zero attached hydrogens (tertiary/aromatic N) is 3. The number of likely N-dealkylation sites (tertiary alicyclic amines) is 1. The van der Waals surface area contributed by atoms with Crippen LogP contribution in [0.2, 0.25) is 0 Å². The van der Waals surface area contributed by atoms with Crippen molar-refractivity contribution in [2.75, 3.05) is 39.3 Å². The zero-order chi connectivity index (χ0) is 27.7. The first-order chi connectivity index (χ1) is 18.0. The van der Waals surface area contributed by atoms with Gasteiger partial charge in [0.25, 0.3) is 5.56 Å². The summed E-state index contributed by atoms with van der Waals surface area (Å²) in [6, 6.07) is 3.18. The van der Waals surface area contributed by atoms with Crippen LogP contribution in [0.15, 0.2) is 23.1 Å². The highest BCUT2D eigenvalue weighted by Gasteiger charge is 2.38. The van der Waals surface area contributed by atoms with Gasteiger partial charge in [0, 0.05) is 50.9 Å². The van der Waals surface area contributed by atoms with Crippen molar-refractivity contribution in [2.24, 2.45) is 0 Å². The van der Waals surface area contributed by atoms with E-state index in [-0.39, 0.29) is 24.4 Å². The molecule has 0 spiro atoms. The van der Waals surface area contributed by atoms with E-state index >= 15 is 0 Å². The van der Waals surface area contributed by atoms with Crippen LogP contribution in [0.3, 0.4) is 0 Å². The number of alkyl halides is 3. The monoisotopic (exact) mass is 545 g/mol. The lowest BCUT2D eigenvalue weighted by Crippen LogP contribution is -2.49. The third kappa shape index (κ3) is 9.10. The number of urea groups is 1. The Hall–Kier alpha value is -2.97. The minimum atomic E-state index is -5.08. The molecule has 14 heteroatoms. The van der Waals surface area contributed by atoms with Crippen LogP contribution in [0.1, 0.15) is 37.7 Å². The van der Waals surface area contributed by atoms with Crippen molar-refractivity contribution in [3.63, 3.8) is 0 Å². The van der Waals surface area contributed by atoms with E-state index in [4.69, 9.17) is 14.6 Å². The number of aromatic nitrogens is 1. The van der Waals surface area contributed by atoms with E-state index in [1.54, 1.807) is 16.8 Å². The molecule has 212 valence electrons. The van der Waals surface area contributed by atoms with Crippen molar-refractivity contribution < 1.29 is 37.4 Å². The highest BCUT2D eigenvalue weighted by atomic mass is 19.4. The third-order valence-corrected chi connectivity index (χ3v) is 6.71. The summed E-state index contributed by atoms with van der Waals surface area (Å²) in [4.78, 5) is 48.9. The molecule has 0 saturated carbocycles. The number of aliphatic carboxylic acids is 1. The molecule has 4 rings (SSSR count). The minimum absolute atomic E-state index is 0.0728. The van der Waals surface area contributed by atoms with Gasteiger partial charge >= 0.3 is 18.2 Å². The molecule has 3 fully saturated rings. The predicted molar refractivity (Wildman–Crippen MR) is 129 cm³/mol. The number of nitrogens with one attached hydrogen (secondary N) is 2. The molecular weight excluding hydrogens is 511 g/mol. The number of carbonyl (C=O) groups excluding carboxylic acids is 2. The van der Waals surface area contributed by atoms with E-state index in [0.717, 1.165) is 58.4 Å². The zero-order valence-corrected chi connectivity index (χ0v) is 21.0. The third-order valence-electron chi connectivity index (χ3n) is 6.71. The van der Waals surface area contributed by atoms with Gasteiger partial charge in [0.1, 0.15) is 0 Å². The molecule has 0 aromatic carbocycles. The lowest BCUT2D eigenvalue weighted by molar-refractivity contribution is -0.192. The first-order valence-electron chi connectivity index (χ1n) is 12.7. The van der Waals surface area contributed by atoms with Gasteiger partial charge in [-0.2, -0.15) is 13.2 Å². The molecule has 1 aromatic heterocycles. The molecule has 0 aliphatic carbocycles. The molecule has 3 saturated heterocycles. The van der Waals surface area contributed by atoms with Crippen molar-refractivity contribution in [2.45, 2.75) is 63.6 Å². The van der Waals surface area contributed by atoms with Crippen LogP contribution in [0.4, 0.5) is 18.0 Å². The van der Waals surface area contributed by atoms with Gasteiger partial charge in [-0.3, -0.25) is 14.9 Å². The van der Waals surface area contributed by atoms with E-state index in [9.17, 15) is 27.6 Å². The largest absolute Gasteiger partial charge is 0.490 e. The number of amides is 3. The summed E-state index contributed by atoms with van der Waals surface area (Å²) in [7, 11) is 0. The molecule has 0 radical (unpaired) electrons. The summed E-state index contributed by atoms with van der Waals surface area (Å²) in [5.41, 5.74) is 0.498. The van der Waals surface area contributed by atoms with Crippen LogP contribution in [0, 0.1) is 0 Å². The first kappa shape index (κ1) is 29.6. The van der Waals surface area contributed by atoms with E-state index in [2.05, 4.69) is 15.5 Å². The van der Waals surface area contributed by atoms with Gasteiger partial charge in [-0.25, -0.2) is 9.59 Å². The first-order valence-corrected chi connectivity index (χ1v) is 12.7. The number of ether oxygens (including phenoxy) is 1. The van der Waals surface area contributed by atoms with Gasteiger partial charge in [0.05, 0.1) is 18.8 Å². The van der Waals surface area contributed by atoms with Crippen LogP contribution in [-0.4, -0.2) is 95.0 Å². The summed E-state index contributed by atoms with van der Waals surface area (Å²) in [6.07, 6.45) is 2.04. The molecule has 38 heavy (non-hydrogen) atoms. The maximum atomic E-state index is 12.9. The summed E-state index contributed by atoms with van der Waals surface area (Å²) in [6.45, 7) is 6.10. The fraction of sp³-hybridized carbons (Fsp3) is 0.667. The van der Waals surface area contributed by atoms with Crippen LogP contribution in [-0.2, 0) is 27.4 Å². The molecule has 0 unspecified atom stereocenters. The normalized spacial score (nSPS) is 20.0. The van der Waals surface area contributed by atoms with Crippen molar-refractivity contribution in [1.29, 1.82) is 0 Å². The molecule has 0 atom stereocenters. The van der Waals surface area contributed by atoms with Crippen LogP contribution < -0.4 is 16.2 Å². The molecule has 0 bridgehead atoms. The number of pyridine rings is 1. The number of rotatable bonds is 7. The van der Waals surface area contributed by atoms with E-state index in [1.165, 1.54) is 4.90 Å². The SMILES string of the molecule is O=C(O)C(F)(F)F.O=C1CCN(Cc2cccn(CCN3CCC(OC4CCNCC4)CC3)c2=O)C(=O)N1. The lowest BCUT2D eigenvalue weighted by Gasteiger charge is -2.35. The summed E-state index contributed by atoms with van der Waals surface area (Å²) in [5, 5.41) is 12.8. The Morgan fingerprint density at radius 1 is 1.03 bits per heavy atom. The Bertz CT molecular complexity index is 1020. The van der Waals surface area contributed by atoms with Crippen LogP contribution >= 0.6 is 0 Å². The number of imide groups is 1. The number of carboxylic acid groups (broad SMARTS) is 1. The molecule has 11 nitrogen and oxygen atoms in total. The number of hydrogen-bond donors (Lipinski definition) is 3. The topological polar surface area (TPSA) is 133 Å². The quantitative estimate of drug-likeness (QED) is 0.465. The molecule has 4 heterocycles. The Labute approximate surface area is 217 Å². The molecule has 3 amide bonds. The second kappa shape index (κ2) is 13.7. The maximum Gasteiger partial charge on any atom is 0.490 e. The van der Waals surface area contributed by atoms with Gasteiger partial charge in [0.2, 0.25) is 5.91 Å². The Morgan fingerprint density at radius 2 is 1.66 bits per heavy atom. The predicted octanol–water partition coefficient (Wildman–Crippen LogP) is 1.16. The minimum Gasteiger partial charge on any atom is -0.475 e. The van der Waals surface area contributed by atoms with Crippen molar-refractivity contribution in [3.05, 3.63) is 34.2 Å². The van der Waals surface area contributed by atoms with Gasteiger partial charge in [-0.15, -0.1) is 0 Å². The van der Waals surface area contributed by atoms with Crippen molar-refractivity contribution in [1.82, 2.24) is 25.0 Å². The summed E-state index contributed by atoms with van der Waals surface area (Å²) < 4.78 is 39.7. The van der Waals surface area contributed by atoms with Crippen LogP contribution in [0.25, 0.3) is 0 Å². The number of carboxylic acids is 1. The second-order valence-corrected chi connectivity index (χ2v) is 9.49. The Balaban J connectivity index is 0.000000505. The smallest absolute Gasteiger partial charge is 0.475 e. The fourth-order valence-electron chi connectivity index (χ4n) is 4.56. The highest BCUT2D eigenvalue weighted by Crippen LogP contribution is 2.19. The van der Waals surface area contributed by atoms with Gasteiger partial charge in [-0.1, -0.05) is 6.07 Å². The van der Waals surface area contributed by atoms with E-state index < -0.39 is 18.2 Å². The molecule has 3 N–H and O–H groups in total. The lowest BCUT2D eigenvalue weighted by atomic mass is 10.1. The van der Waals surface area contributed by atoms with Crippen molar-refractivity contribution >= 4 is 17.9 Å². The Morgan fingerprint density at radius 3 is 2.26 bits per heavy atom. The van der Waals surface area contributed by atoms with Gasteiger partial charge in [-0.05, 0) is 44.8 Å². The fourth-order valence-corrected chi connectivity index (χ4v) is 4.56. The van der Waals surface area contributed by atoms with Crippen LogP contribution in [0.5, 0.6) is 0 Å². The number of hydrogen-bond acceptors (Lipinski definition) is 7. The average Bonchev–Trinajstić information content (AvgIpc) is 2.87. The van der Waals surface area contributed by atoms with E-state index in [0.29, 0.717) is 30.9 Å². The van der Waals surface area contributed by atoms with Crippen molar-refractivity contribution in [3.8, 4) is 0 Å². The summed E-state index contributed by atoms with van der Waals surface area (Å²) >= 11 is 0. The average molecular weight is 546 g/mol.